The van der Waals surface area contributed by atoms with Gasteiger partial charge in [0.05, 0.1) is 12.6 Å². The van der Waals surface area contributed by atoms with Gasteiger partial charge in [0.25, 0.3) is 0 Å². The molecule has 2 heterocycles. The van der Waals surface area contributed by atoms with E-state index in [1.807, 2.05) is 24.3 Å². The summed E-state index contributed by atoms with van der Waals surface area (Å²) in [6, 6.07) is 7.50. The first-order chi connectivity index (χ1) is 13.0. The van der Waals surface area contributed by atoms with Crippen LogP contribution in [0, 0.1) is 5.92 Å². The number of anilines is 1. The molecule has 3 aromatic rings. The van der Waals surface area contributed by atoms with Crippen LogP contribution >= 0.6 is 34.7 Å². The van der Waals surface area contributed by atoms with E-state index in [1.54, 1.807) is 0 Å². The highest BCUT2D eigenvalue weighted by Crippen LogP contribution is 2.29. The predicted molar refractivity (Wildman–Crippen MR) is 113 cm³/mol. The average molecular weight is 425 g/mol. The Morgan fingerprint density at radius 3 is 2.81 bits per heavy atom. The van der Waals surface area contributed by atoms with Gasteiger partial charge in [-0.05, 0) is 24.0 Å². The van der Waals surface area contributed by atoms with E-state index in [-0.39, 0.29) is 17.5 Å². The molecule has 0 radical (unpaired) electrons. The monoisotopic (exact) mass is 424 g/mol. The third-order valence-electron chi connectivity index (χ3n) is 3.89. The zero-order valence-corrected chi connectivity index (χ0v) is 17.4. The van der Waals surface area contributed by atoms with Crippen LogP contribution in [0.4, 0.5) is 5.82 Å². The Hall–Kier alpha value is -1.61. The summed E-state index contributed by atoms with van der Waals surface area (Å²) >= 11 is 8.73. The minimum atomic E-state index is -0.181. The highest BCUT2D eigenvalue weighted by atomic mass is 35.5. The molecule has 0 unspecified atom stereocenters. The van der Waals surface area contributed by atoms with Gasteiger partial charge in [-0.25, -0.2) is 9.97 Å². The summed E-state index contributed by atoms with van der Waals surface area (Å²) < 4.78 is 0.671. The molecule has 0 saturated carbocycles. The van der Waals surface area contributed by atoms with Crippen LogP contribution in [-0.4, -0.2) is 32.7 Å². The summed E-state index contributed by atoms with van der Waals surface area (Å²) in [6.45, 7) is 4.18. The van der Waals surface area contributed by atoms with Crippen LogP contribution in [0.5, 0.6) is 0 Å². The molecule has 0 fully saturated rings. The minimum Gasteiger partial charge on any atom is -0.394 e. The van der Waals surface area contributed by atoms with Gasteiger partial charge in [0, 0.05) is 10.8 Å². The molecule has 1 atom stereocenters. The molecule has 0 amide bonds. The highest BCUT2D eigenvalue weighted by Gasteiger charge is 2.17. The van der Waals surface area contributed by atoms with Crippen molar-refractivity contribution in [3.8, 4) is 0 Å². The van der Waals surface area contributed by atoms with E-state index >= 15 is 0 Å². The number of thioether (sulfide) groups is 1. The minimum absolute atomic E-state index is 0.00883. The molecule has 0 bridgehead atoms. The van der Waals surface area contributed by atoms with Crippen molar-refractivity contribution in [2.75, 3.05) is 11.9 Å². The molecule has 9 heteroatoms. The Balaban J connectivity index is 1.88. The molecule has 3 N–H and O–H groups in total. The fraction of sp³-hybridized carbons (Fsp3) is 0.389. The Bertz CT molecular complexity index is 973. The maximum atomic E-state index is 11.8. The molecule has 2 aromatic heterocycles. The molecule has 144 valence electrons. The largest absolute Gasteiger partial charge is 0.394 e. The van der Waals surface area contributed by atoms with Crippen molar-refractivity contribution in [2.24, 2.45) is 5.92 Å². The van der Waals surface area contributed by atoms with E-state index in [0.717, 1.165) is 23.3 Å². The molecule has 6 nitrogen and oxygen atoms in total. The molecular formula is C18H21ClN4O2S2. The highest BCUT2D eigenvalue weighted by molar-refractivity contribution is 7.98. The predicted octanol–water partition coefficient (Wildman–Crippen LogP) is 4.14. The molecule has 1 aromatic carbocycles. The van der Waals surface area contributed by atoms with Crippen LogP contribution in [-0.2, 0) is 5.75 Å². The fourth-order valence-corrected chi connectivity index (χ4v) is 4.55. The summed E-state index contributed by atoms with van der Waals surface area (Å²) in [4.78, 5) is 23.4. The lowest BCUT2D eigenvalue weighted by molar-refractivity contribution is 0.259. The molecule has 0 aliphatic carbocycles. The lowest BCUT2D eigenvalue weighted by Gasteiger charge is -2.19. The van der Waals surface area contributed by atoms with Crippen LogP contribution in [0.15, 0.2) is 34.2 Å². The number of halogens is 1. The first-order valence-electron chi connectivity index (χ1n) is 8.60. The number of aromatic nitrogens is 3. The van der Waals surface area contributed by atoms with Crippen molar-refractivity contribution in [3.63, 3.8) is 0 Å². The number of hydrogen-bond acceptors (Lipinski definition) is 7. The van der Waals surface area contributed by atoms with Gasteiger partial charge in [-0.1, -0.05) is 66.7 Å². The van der Waals surface area contributed by atoms with E-state index in [9.17, 15) is 9.90 Å². The van der Waals surface area contributed by atoms with Crippen molar-refractivity contribution >= 4 is 50.9 Å². The van der Waals surface area contributed by atoms with Gasteiger partial charge in [-0.2, -0.15) is 0 Å². The van der Waals surface area contributed by atoms with Crippen molar-refractivity contribution in [2.45, 2.75) is 37.2 Å². The molecule has 0 saturated heterocycles. The first-order valence-corrected chi connectivity index (χ1v) is 10.8. The standard InChI is InChI=1S/C18H21ClN4O2S2/c1-10(2)7-12(8-24)20-15-14-16(23-18(25)27-14)22-17(21-15)26-9-11-5-3-4-6-13(11)19/h3-6,10,12,24H,7-9H2,1-2H3,(H2,20,21,22,23,25)/t12-/m1/s1. The van der Waals surface area contributed by atoms with Crippen LogP contribution in [0.3, 0.4) is 0 Å². The van der Waals surface area contributed by atoms with Gasteiger partial charge < -0.3 is 10.4 Å². The lowest BCUT2D eigenvalue weighted by atomic mass is 10.0. The number of nitrogens with one attached hydrogen (secondary N) is 2. The fourth-order valence-electron chi connectivity index (χ4n) is 2.69. The summed E-state index contributed by atoms with van der Waals surface area (Å²) in [6.07, 6.45) is 0.795. The van der Waals surface area contributed by atoms with Gasteiger partial charge in [0.15, 0.2) is 16.6 Å². The number of thiazole rings is 1. The second-order valence-corrected chi connectivity index (χ2v) is 8.91. The first kappa shape index (κ1) is 20.1. The molecule has 0 aliphatic rings. The second-order valence-electron chi connectivity index (χ2n) is 6.58. The second kappa shape index (κ2) is 9.05. The normalized spacial score (nSPS) is 12.6. The van der Waals surface area contributed by atoms with Gasteiger partial charge in [0.1, 0.15) is 4.70 Å². The number of nitrogens with zero attached hydrogens (tertiary/aromatic N) is 2. The summed E-state index contributed by atoms with van der Waals surface area (Å²) in [5.74, 6) is 1.62. The summed E-state index contributed by atoms with van der Waals surface area (Å²) in [7, 11) is 0. The van der Waals surface area contributed by atoms with Crippen molar-refractivity contribution in [3.05, 3.63) is 44.5 Å². The van der Waals surface area contributed by atoms with Crippen molar-refractivity contribution in [1.82, 2.24) is 15.0 Å². The molecule has 3 rings (SSSR count). The number of aliphatic hydroxyl groups excluding tert-OH is 1. The Morgan fingerprint density at radius 1 is 1.33 bits per heavy atom. The van der Waals surface area contributed by atoms with Gasteiger partial charge in [-0.3, -0.25) is 9.78 Å². The van der Waals surface area contributed by atoms with E-state index < -0.39 is 0 Å². The maximum Gasteiger partial charge on any atom is 0.306 e. The third kappa shape index (κ3) is 5.22. The quantitative estimate of drug-likeness (QED) is 0.372. The van der Waals surface area contributed by atoms with Crippen LogP contribution < -0.4 is 10.2 Å². The Morgan fingerprint density at radius 2 is 2.11 bits per heavy atom. The number of rotatable bonds is 8. The van der Waals surface area contributed by atoms with E-state index in [0.29, 0.717) is 38.0 Å². The van der Waals surface area contributed by atoms with Crippen LogP contribution in [0.2, 0.25) is 5.02 Å². The average Bonchev–Trinajstić information content (AvgIpc) is 3.00. The van der Waals surface area contributed by atoms with Gasteiger partial charge >= 0.3 is 4.87 Å². The zero-order chi connectivity index (χ0) is 19.4. The van der Waals surface area contributed by atoms with Crippen LogP contribution in [0.1, 0.15) is 25.8 Å². The molecule has 0 aliphatic heterocycles. The van der Waals surface area contributed by atoms with E-state index in [4.69, 9.17) is 11.6 Å². The van der Waals surface area contributed by atoms with Crippen LogP contribution in [0.25, 0.3) is 10.3 Å². The summed E-state index contributed by atoms with van der Waals surface area (Å²) in [5.41, 5.74) is 1.50. The van der Waals surface area contributed by atoms with Crippen molar-refractivity contribution in [1.29, 1.82) is 0 Å². The zero-order valence-electron chi connectivity index (χ0n) is 15.0. The topological polar surface area (TPSA) is 90.9 Å². The van der Waals surface area contributed by atoms with E-state index in [2.05, 4.69) is 34.1 Å². The number of aromatic amines is 1. The van der Waals surface area contributed by atoms with Crippen molar-refractivity contribution < 1.29 is 5.11 Å². The Labute approximate surface area is 170 Å². The number of benzene rings is 1. The lowest BCUT2D eigenvalue weighted by Crippen LogP contribution is -2.26. The van der Waals surface area contributed by atoms with Gasteiger partial charge in [0.2, 0.25) is 0 Å². The molecule has 27 heavy (non-hydrogen) atoms. The summed E-state index contributed by atoms with van der Waals surface area (Å²) in [5, 5.41) is 14.2. The number of hydrogen-bond donors (Lipinski definition) is 3. The molecule has 0 spiro atoms. The number of aliphatic hydroxyl groups is 1. The number of fused-ring (bicyclic) bond motifs is 1. The third-order valence-corrected chi connectivity index (χ3v) is 6.04. The number of H-pyrrole nitrogens is 1. The smallest absolute Gasteiger partial charge is 0.306 e. The van der Waals surface area contributed by atoms with Gasteiger partial charge in [-0.15, -0.1) is 0 Å². The van der Waals surface area contributed by atoms with E-state index in [1.165, 1.54) is 11.8 Å². The molecular weight excluding hydrogens is 404 g/mol. The maximum absolute atomic E-state index is 11.8. The SMILES string of the molecule is CC(C)C[C@H](CO)Nc1nc(SCc2ccccc2Cl)nc2[nH]c(=O)sc12. The Kier molecular flexibility index (Phi) is 6.75.